The molecule has 4 N–H and O–H groups in total. The number of aliphatic hydroxyl groups is 3. The van der Waals surface area contributed by atoms with Gasteiger partial charge in [-0.2, -0.15) is 0 Å². The van der Waals surface area contributed by atoms with E-state index in [2.05, 4.69) is 17.2 Å². The Balaban J connectivity index is 3.85. The van der Waals surface area contributed by atoms with Crippen molar-refractivity contribution < 1.29 is 15.3 Å². The van der Waals surface area contributed by atoms with Crippen LogP contribution in [0, 0.1) is 11.8 Å². The van der Waals surface area contributed by atoms with Crippen molar-refractivity contribution in [2.75, 3.05) is 26.4 Å². The molecule has 0 bridgehead atoms. The minimum atomic E-state index is -0.977. The van der Waals surface area contributed by atoms with Gasteiger partial charge in [-0.15, -0.1) is 11.8 Å². The number of hydrogen-bond donors (Lipinski definition) is 4. The van der Waals surface area contributed by atoms with Gasteiger partial charge >= 0.3 is 0 Å². The van der Waals surface area contributed by atoms with Crippen molar-refractivity contribution >= 4 is 0 Å². The largest absolute Gasteiger partial charge is 0.394 e. The number of hydrogen-bond acceptors (Lipinski definition) is 4. The second-order valence-electron chi connectivity index (χ2n) is 2.86. The SMILES string of the molecule is CC#CCCNC(CO)(CO)CO. The molecule has 0 saturated carbocycles. The average molecular weight is 187 g/mol. The van der Waals surface area contributed by atoms with Crippen LogP contribution in [-0.4, -0.2) is 47.2 Å². The number of rotatable bonds is 6. The quantitative estimate of drug-likeness (QED) is 0.308. The van der Waals surface area contributed by atoms with E-state index in [-0.39, 0.29) is 19.8 Å². The van der Waals surface area contributed by atoms with E-state index in [4.69, 9.17) is 15.3 Å². The van der Waals surface area contributed by atoms with Gasteiger partial charge in [-0.25, -0.2) is 0 Å². The molecule has 0 spiro atoms. The first kappa shape index (κ1) is 12.4. The molecule has 0 rings (SSSR count). The second-order valence-corrected chi connectivity index (χ2v) is 2.86. The highest BCUT2D eigenvalue weighted by atomic mass is 16.3. The van der Waals surface area contributed by atoms with Crippen molar-refractivity contribution in [3.8, 4) is 11.8 Å². The Morgan fingerprint density at radius 1 is 1.15 bits per heavy atom. The fraction of sp³-hybridized carbons (Fsp3) is 0.778. The van der Waals surface area contributed by atoms with Crippen LogP contribution < -0.4 is 5.32 Å². The van der Waals surface area contributed by atoms with Crippen molar-refractivity contribution in [2.45, 2.75) is 18.9 Å². The zero-order chi connectivity index (χ0) is 10.2. The Morgan fingerprint density at radius 2 is 1.69 bits per heavy atom. The Hall–Kier alpha value is -0.600. The van der Waals surface area contributed by atoms with Crippen LogP contribution >= 0.6 is 0 Å². The number of nitrogens with one attached hydrogen (secondary N) is 1. The molecule has 0 aliphatic carbocycles. The van der Waals surface area contributed by atoms with Gasteiger partial charge < -0.3 is 20.6 Å². The van der Waals surface area contributed by atoms with Gasteiger partial charge in [-0.1, -0.05) is 0 Å². The molecule has 0 aromatic heterocycles. The molecule has 0 aliphatic rings. The Bertz CT molecular complexity index is 171. The summed E-state index contributed by atoms with van der Waals surface area (Å²) in [5.41, 5.74) is -0.977. The summed E-state index contributed by atoms with van der Waals surface area (Å²) in [6.07, 6.45) is 0.637. The van der Waals surface area contributed by atoms with Crippen LogP contribution in [0.1, 0.15) is 13.3 Å². The minimum absolute atomic E-state index is 0.292. The van der Waals surface area contributed by atoms with Crippen LogP contribution in [0.3, 0.4) is 0 Å². The Labute approximate surface area is 78.6 Å². The van der Waals surface area contributed by atoms with Crippen LogP contribution in [0.5, 0.6) is 0 Å². The topological polar surface area (TPSA) is 72.7 Å². The van der Waals surface area contributed by atoms with E-state index in [1.807, 2.05) is 0 Å². The predicted octanol–water partition coefficient (Wildman–Crippen LogP) is -1.29. The third-order valence-electron chi connectivity index (χ3n) is 1.83. The van der Waals surface area contributed by atoms with Crippen LogP contribution in [-0.2, 0) is 0 Å². The van der Waals surface area contributed by atoms with Gasteiger partial charge in [0.05, 0.1) is 25.4 Å². The monoisotopic (exact) mass is 187 g/mol. The molecule has 4 heteroatoms. The van der Waals surface area contributed by atoms with Gasteiger partial charge in [-0.3, -0.25) is 0 Å². The molecule has 0 aliphatic heterocycles. The standard InChI is InChI=1S/C9H17NO3/c1-2-3-4-5-10-9(6-11,7-12)8-13/h10-13H,4-8H2,1H3. The van der Waals surface area contributed by atoms with Gasteiger partial charge in [0, 0.05) is 13.0 Å². The highest BCUT2D eigenvalue weighted by Crippen LogP contribution is 2.00. The fourth-order valence-electron chi connectivity index (χ4n) is 0.833. The van der Waals surface area contributed by atoms with Crippen LogP contribution in [0.15, 0.2) is 0 Å². The van der Waals surface area contributed by atoms with Gasteiger partial charge in [0.1, 0.15) is 0 Å². The Morgan fingerprint density at radius 3 is 2.08 bits per heavy atom. The summed E-state index contributed by atoms with van der Waals surface area (Å²) in [5, 5.41) is 29.6. The highest BCUT2D eigenvalue weighted by molar-refractivity contribution is 4.96. The molecule has 0 radical (unpaired) electrons. The van der Waals surface area contributed by atoms with Crippen molar-refractivity contribution in [1.29, 1.82) is 0 Å². The predicted molar refractivity (Wildman–Crippen MR) is 50.1 cm³/mol. The lowest BCUT2D eigenvalue weighted by Gasteiger charge is -2.28. The van der Waals surface area contributed by atoms with E-state index in [0.29, 0.717) is 13.0 Å². The first-order chi connectivity index (χ1) is 6.24. The van der Waals surface area contributed by atoms with E-state index >= 15 is 0 Å². The first-order valence-electron chi connectivity index (χ1n) is 4.22. The highest BCUT2D eigenvalue weighted by Gasteiger charge is 2.26. The first-order valence-corrected chi connectivity index (χ1v) is 4.22. The summed E-state index contributed by atoms with van der Waals surface area (Å²) in [7, 11) is 0. The zero-order valence-electron chi connectivity index (χ0n) is 7.88. The maximum absolute atomic E-state index is 8.91. The van der Waals surface area contributed by atoms with Crippen molar-refractivity contribution in [1.82, 2.24) is 5.32 Å². The zero-order valence-corrected chi connectivity index (χ0v) is 7.88. The molecule has 0 atom stereocenters. The number of aliphatic hydroxyl groups excluding tert-OH is 3. The molecule has 0 amide bonds. The molecule has 0 heterocycles. The van der Waals surface area contributed by atoms with Crippen LogP contribution in [0.25, 0.3) is 0 Å². The second kappa shape index (κ2) is 6.87. The molecular weight excluding hydrogens is 170 g/mol. The van der Waals surface area contributed by atoms with Crippen molar-refractivity contribution in [3.63, 3.8) is 0 Å². The maximum atomic E-state index is 8.91. The lowest BCUT2D eigenvalue weighted by atomic mass is 10.0. The van der Waals surface area contributed by atoms with Crippen LogP contribution in [0.4, 0.5) is 0 Å². The van der Waals surface area contributed by atoms with Crippen LogP contribution in [0.2, 0.25) is 0 Å². The Kier molecular flexibility index (Phi) is 6.55. The molecule has 0 aromatic rings. The minimum Gasteiger partial charge on any atom is -0.394 e. The summed E-state index contributed by atoms with van der Waals surface area (Å²) < 4.78 is 0. The summed E-state index contributed by atoms with van der Waals surface area (Å²) in [6.45, 7) is 1.42. The van der Waals surface area contributed by atoms with E-state index in [0.717, 1.165) is 0 Å². The fourth-order valence-corrected chi connectivity index (χ4v) is 0.833. The lowest BCUT2D eigenvalue weighted by Crippen LogP contribution is -2.55. The third kappa shape index (κ3) is 4.25. The normalized spacial score (nSPS) is 10.8. The van der Waals surface area contributed by atoms with E-state index in [1.165, 1.54) is 0 Å². The summed E-state index contributed by atoms with van der Waals surface area (Å²) in [6, 6.07) is 0. The molecule has 0 unspecified atom stereocenters. The molecule has 0 saturated heterocycles. The third-order valence-corrected chi connectivity index (χ3v) is 1.83. The smallest absolute Gasteiger partial charge is 0.0881 e. The maximum Gasteiger partial charge on any atom is 0.0881 e. The summed E-state index contributed by atoms with van der Waals surface area (Å²) in [4.78, 5) is 0. The van der Waals surface area contributed by atoms with Gasteiger partial charge in [0.25, 0.3) is 0 Å². The average Bonchev–Trinajstić information content (AvgIpc) is 2.20. The van der Waals surface area contributed by atoms with Crippen molar-refractivity contribution in [3.05, 3.63) is 0 Å². The van der Waals surface area contributed by atoms with Gasteiger partial charge in [0.2, 0.25) is 0 Å². The molecule has 76 valence electrons. The van der Waals surface area contributed by atoms with E-state index in [9.17, 15) is 0 Å². The van der Waals surface area contributed by atoms with E-state index < -0.39 is 5.54 Å². The molecule has 0 aromatic carbocycles. The lowest BCUT2D eigenvalue weighted by molar-refractivity contribution is 0.0433. The molecule has 13 heavy (non-hydrogen) atoms. The molecular formula is C9H17NO3. The molecule has 4 nitrogen and oxygen atoms in total. The van der Waals surface area contributed by atoms with E-state index in [1.54, 1.807) is 6.92 Å². The molecule has 0 fully saturated rings. The van der Waals surface area contributed by atoms with Gasteiger partial charge in [-0.05, 0) is 6.92 Å². The van der Waals surface area contributed by atoms with Crippen molar-refractivity contribution in [2.24, 2.45) is 0 Å². The van der Waals surface area contributed by atoms with Gasteiger partial charge in [0.15, 0.2) is 0 Å². The summed E-state index contributed by atoms with van der Waals surface area (Å²) >= 11 is 0. The summed E-state index contributed by atoms with van der Waals surface area (Å²) in [5.74, 6) is 5.57.